The monoisotopic (exact) mass is 1190 g/mol. The minimum absolute atomic E-state index is 0.0150. The Labute approximate surface area is 532 Å². The van der Waals surface area contributed by atoms with E-state index < -0.39 is 12.1 Å². The van der Waals surface area contributed by atoms with Crippen LogP contribution in [0.15, 0.2) is 36.5 Å². The van der Waals surface area contributed by atoms with Crippen LogP contribution in [-0.2, 0) is 14.3 Å². The molecule has 0 saturated heterocycles. The highest BCUT2D eigenvalue weighted by molar-refractivity contribution is 5.76. The molecule has 502 valence electrons. The van der Waals surface area contributed by atoms with Crippen LogP contribution >= 0.6 is 0 Å². The molecule has 0 fully saturated rings. The molecule has 0 rings (SSSR count). The van der Waals surface area contributed by atoms with Crippen molar-refractivity contribution in [2.75, 3.05) is 13.2 Å². The SMILES string of the molecule is CCCCCCCCCCCCCCCCCCCCCCCC/C=C/C(O)C(CO)NC(=O)CCCCCCCCCCCCC/C=C\C/C=C\CCCCCCCCCCCOC(=O)CCCCCCCCCCCCCCCCCCC. The molecule has 0 radical (unpaired) electrons. The Morgan fingerprint density at radius 3 is 0.894 bits per heavy atom. The number of nitrogens with one attached hydrogen (secondary N) is 1. The first-order chi connectivity index (χ1) is 42.0. The van der Waals surface area contributed by atoms with Crippen LogP contribution in [0.1, 0.15) is 431 Å². The Kier molecular flexibility index (Phi) is 72.9. The average Bonchev–Trinajstić information content (AvgIpc) is 3.51. The molecule has 0 aromatic heterocycles. The van der Waals surface area contributed by atoms with Gasteiger partial charge in [0.15, 0.2) is 0 Å². The van der Waals surface area contributed by atoms with Gasteiger partial charge in [0.25, 0.3) is 0 Å². The van der Waals surface area contributed by atoms with Crippen molar-refractivity contribution in [3.05, 3.63) is 36.5 Å². The summed E-state index contributed by atoms with van der Waals surface area (Å²) in [5, 5.41) is 23.3. The summed E-state index contributed by atoms with van der Waals surface area (Å²) >= 11 is 0. The third-order valence-corrected chi connectivity index (χ3v) is 18.2. The van der Waals surface area contributed by atoms with Gasteiger partial charge in [0.2, 0.25) is 5.91 Å². The Morgan fingerprint density at radius 2 is 0.588 bits per heavy atom. The topological polar surface area (TPSA) is 95.9 Å². The predicted octanol–water partition coefficient (Wildman–Crippen LogP) is 25.4. The second-order valence-corrected chi connectivity index (χ2v) is 26.7. The van der Waals surface area contributed by atoms with Crippen LogP contribution in [0.3, 0.4) is 0 Å². The van der Waals surface area contributed by atoms with Crippen LogP contribution in [0.25, 0.3) is 0 Å². The van der Waals surface area contributed by atoms with E-state index in [-0.39, 0.29) is 18.5 Å². The molecule has 0 aromatic carbocycles. The van der Waals surface area contributed by atoms with Crippen molar-refractivity contribution in [1.29, 1.82) is 0 Å². The summed E-state index contributed by atoms with van der Waals surface area (Å²) in [6.07, 6.45) is 96.8. The summed E-state index contributed by atoms with van der Waals surface area (Å²) in [6.45, 7) is 4.95. The molecule has 85 heavy (non-hydrogen) atoms. The summed E-state index contributed by atoms with van der Waals surface area (Å²) < 4.78 is 5.51. The molecule has 1 amide bonds. The average molecular weight is 1200 g/mol. The van der Waals surface area contributed by atoms with Gasteiger partial charge in [-0.3, -0.25) is 9.59 Å². The molecule has 0 aromatic rings. The van der Waals surface area contributed by atoms with E-state index in [1.165, 1.54) is 360 Å². The van der Waals surface area contributed by atoms with Gasteiger partial charge in [0.05, 0.1) is 25.4 Å². The predicted molar refractivity (Wildman–Crippen MR) is 375 cm³/mol. The number of hydrogen-bond acceptors (Lipinski definition) is 5. The molecule has 6 heteroatoms. The second-order valence-electron chi connectivity index (χ2n) is 26.7. The van der Waals surface area contributed by atoms with Gasteiger partial charge in [-0.2, -0.15) is 0 Å². The van der Waals surface area contributed by atoms with E-state index in [4.69, 9.17) is 4.74 Å². The highest BCUT2D eigenvalue weighted by Gasteiger charge is 2.18. The lowest BCUT2D eigenvalue weighted by Crippen LogP contribution is -2.45. The van der Waals surface area contributed by atoms with Crippen molar-refractivity contribution in [3.63, 3.8) is 0 Å². The number of unbranched alkanes of at least 4 members (excludes halogenated alkanes) is 58. The Morgan fingerprint density at radius 1 is 0.329 bits per heavy atom. The maximum atomic E-state index is 12.5. The van der Waals surface area contributed by atoms with Crippen molar-refractivity contribution < 1.29 is 24.5 Å². The van der Waals surface area contributed by atoms with Gasteiger partial charge < -0.3 is 20.3 Å². The van der Waals surface area contributed by atoms with Gasteiger partial charge in [0, 0.05) is 12.8 Å². The van der Waals surface area contributed by atoms with Crippen molar-refractivity contribution in [2.45, 2.75) is 443 Å². The molecule has 2 atom stereocenters. The first kappa shape index (κ1) is 83.1. The number of carbonyl (C=O) groups is 2. The number of amides is 1. The number of aliphatic hydroxyl groups is 2. The number of aliphatic hydroxyl groups excluding tert-OH is 2. The van der Waals surface area contributed by atoms with Gasteiger partial charge in [-0.05, 0) is 64.2 Å². The van der Waals surface area contributed by atoms with Crippen LogP contribution < -0.4 is 5.32 Å². The normalized spacial score (nSPS) is 12.7. The summed E-state index contributed by atoms with van der Waals surface area (Å²) in [7, 11) is 0. The maximum absolute atomic E-state index is 12.5. The molecule has 0 aliphatic carbocycles. The third-order valence-electron chi connectivity index (χ3n) is 18.2. The summed E-state index contributed by atoms with van der Waals surface area (Å²) in [5.41, 5.74) is 0. The first-order valence-corrected chi connectivity index (χ1v) is 38.8. The molecule has 0 heterocycles. The Balaban J connectivity index is 3.43. The largest absolute Gasteiger partial charge is 0.466 e. The van der Waals surface area contributed by atoms with Crippen LogP contribution in [0.5, 0.6) is 0 Å². The third kappa shape index (κ3) is 71.0. The van der Waals surface area contributed by atoms with Crippen molar-refractivity contribution >= 4 is 11.9 Å². The molecule has 2 unspecified atom stereocenters. The van der Waals surface area contributed by atoms with E-state index in [0.717, 1.165) is 44.9 Å². The number of ether oxygens (including phenoxy) is 1. The fraction of sp³-hybridized carbons (Fsp3) is 0.899. The lowest BCUT2D eigenvalue weighted by Gasteiger charge is -2.20. The van der Waals surface area contributed by atoms with Crippen molar-refractivity contribution in [1.82, 2.24) is 5.32 Å². The number of hydrogen-bond donors (Lipinski definition) is 3. The van der Waals surface area contributed by atoms with Gasteiger partial charge in [-0.25, -0.2) is 0 Å². The summed E-state index contributed by atoms with van der Waals surface area (Å²) in [6, 6.07) is -0.632. The number of rotatable bonds is 73. The van der Waals surface area contributed by atoms with Crippen LogP contribution in [0, 0.1) is 0 Å². The molecule has 0 spiro atoms. The molecule has 0 saturated carbocycles. The van der Waals surface area contributed by atoms with Crippen molar-refractivity contribution in [2.24, 2.45) is 0 Å². The molecule has 0 aliphatic heterocycles. The smallest absolute Gasteiger partial charge is 0.305 e. The zero-order valence-corrected chi connectivity index (χ0v) is 57.6. The highest BCUT2D eigenvalue weighted by Crippen LogP contribution is 2.19. The van der Waals surface area contributed by atoms with E-state index in [0.29, 0.717) is 19.4 Å². The van der Waals surface area contributed by atoms with Crippen LogP contribution in [0.4, 0.5) is 0 Å². The fourth-order valence-corrected chi connectivity index (χ4v) is 12.3. The standard InChI is InChI=1S/C79H151NO5/c1-3-5-7-9-11-13-15-17-19-21-22-23-24-30-33-36-40-43-47-51-55-59-63-67-71-77(82)76(75-81)80-78(83)72-68-64-60-56-52-48-44-41-37-34-31-28-26-25-27-29-32-35-38-42-46-50-54-58-62-66-70-74-85-79(84)73-69-65-61-57-53-49-45-39-20-18-16-14-12-10-8-6-4-2/h25-26,29,32,67,71,76-77,81-82H,3-24,27-28,30-31,33-66,68-70,72-75H2,1-2H3,(H,80,83)/b26-25-,32-29-,71-67+. The molecule has 3 N–H and O–H groups in total. The Bertz CT molecular complexity index is 1380. The minimum atomic E-state index is -0.849. The van der Waals surface area contributed by atoms with Crippen LogP contribution in [0.2, 0.25) is 0 Å². The second kappa shape index (κ2) is 74.5. The van der Waals surface area contributed by atoms with E-state index in [1.807, 2.05) is 6.08 Å². The summed E-state index contributed by atoms with van der Waals surface area (Å²) in [5.74, 6) is -0.0515. The molecular weight excluding hydrogens is 1040 g/mol. The Hall–Kier alpha value is -1.92. The number of allylic oxidation sites excluding steroid dienone is 5. The molecule has 6 nitrogen and oxygen atoms in total. The zero-order valence-electron chi connectivity index (χ0n) is 57.6. The van der Waals surface area contributed by atoms with Gasteiger partial charge >= 0.3 is 5.97 Å². The van der Waals surface area contributed by atoms with E-state index in [2.05, 4.69) is 43.5 Å². The molecule has 0 bridgehead atoms. The molecular formula is C79H151NO5. The summed E-state index contributed by atoms with van der Waals surface area (Å²) in [4.78, 5) is 24.7. The van der Waals surface area contributed by atoms with Crippen LogP contribution in [-0.4, -0.2) is 47.4 Å². The quantitative estimate of drug-likeness (QED) is 0.0320. The first-order valence-electron chi connectivity index (χ1n) is 38.8. The lowest BCUT2D eigenvalue weighted by atomic mass is 10.0. The highest BCUT2D eigenvalue weighted by atomic mass is 16.5. The zero-order chi connectivity index (χ0) is 61.3. The molecule has 0 aliphatic rings. The van der Waals surface area contributed by atoms with Crippen molar-refractivity contribution in [3.8, 4) is 0 Å². The van der Waals surface area contributed by atoms with Gasteiger partial charge in [0.1, 0.15) is 0 Å². The van der Waals surface area contributed by atoms with E-state index in [1.54, 1.807) is 6.08 Å². The number of esters is 1. The number of carbonyl (C=O) groups excluding carboxylic acids is 2. The minimum Gasteiger partial charge on any atom is -0.466 e. The van der Waals surface area contributed by atoms with E-state index in [9.17, 15) is 19.8 Å². The van der Waals surface area contributed by atoms with E-state index >= 15 is 0 Å². The lowest BCUT2D eigenvalue weighted by molar-refractivity contribution is -0.143. The van der Waals surface area contributed by atoms with Gasteiger partial charge in [-0.1, -0.05) is 391 Å². The fourth-order valence-electron chi connectivity index (χ4n) is 12.3. The van der Waals surface area contributed by atoms with Gasteiger partial charge in [-0.15, -0.1) is 0 Å². The maximum Gasteiger partial charge on any atom is 0.305 e.